The molecule has 1 aliphatic rings. The Morgan fingerprint density at radius 3 is 2.37 bits per heavy atom. The number of rotatable bonds is 4. The van der Waals surface area contributed by atoms with E-state index in [2.05, 4.69) is 4.90 Å². The fourth-order valence-electron chi connectivity index (χ4n) is 2.94. The molecule has 1 aromatic rings. The molecule has 0 amide bonds. The zero-order valence-corrected chi connectivity index (χ0v) is 11.4. The molecule has 0 radical (unpaired) electrons. The first-order valence-electron chi connectivity index (χ1n) is 6.99. The summed E-state index contributed by atoms with van der Waals surface area (Å²) in [5.74, 6) is -1.10. The van der Waals surface area contributed by atoms with Gasteiger partial charge in [0.25, 0.3) is 0 Å². The first-order chi connectivity index (χ1) is 9.09. The van der Waals surface area contributed by atoms with Crippen LogP contribution in [0, 0.1) is 11.6 Å². The van der Waals surface area contributed by atoms with Crippen LogP contribution in [-0.4, -0.2) is 24.5 Å². The Labute approximate surface area is 113 Å². The zero-order chi connectivity index (χ0) is 13.8. The highest BCUT2D eigenvalue weighted by Crippen LogP contribution is 2.24. The van der Waals surface area contributed by atoms with Gasteiger partial charge in [-0.25, -0.2) is 8.78 Å². The van der Waals surface area contributed by atoms with Gasteiger partial charge in [-0.2, -0.15) is 0 Å². The van der Waals surface area contributed by atoms with Crippen molar-refractivity contribution in [2.24, 2.45) is 5.73 Å². The molecule has 4 heteroatoms. The van der Waals surface area contributed by atoms with Crippen molar-refractivity contribution >= 4 is 0 Å². The minimum Gasteiger partial charge on any atom is -0.323 e. The van der Waals surface area contributed by atoms with E-state index >= 15 is 0 Å². The van der Waals surface area contributed by atoms with E-state index in [0.29, 0.717) is 12.6 Å². The molecule has 106 valence electrons. The third kappa shape index (κ3) is 3.51. The van der Waals surface area contributed by atoms with Crippen molar-refractivity contribution in [2.45, 2.75) is 44.2 Å². The van der Waals surface area contributed by atoms with Crippen molar-refractivity contribution in [2.75, 3.05) is 13.6 Å². The van der Waals surface area contributed by atoms with E-state index in [1.807, 2.05) is 7.05 Å². The van der Waals surface area contributed by atoms with Crippen molar-refractivity contribution < 1.29 is 8.78 Å². The molecule has 2 rings (SSSR count). The predicted octanol–water partition coefficient (Wildman–Crippen LogP) is 3.23. The summed E-state index contributed by atoms with van der Waals surface area (Å²) in [6.07, 6.45) is 6.07. The number of nitrogens with zero attached hydrogens (tertiary/aromatic N) is 1. The van der Waals surface area contributed by atoms with Crippen LogP contribution in [0.2, 0.25) is 0 Å². The monoisotopic (exact) mass is 268 g/mol. The molecule has 0 bridgehead atoms. The van der Waals surface area contributed by atoms with Crippen LogP contribution < -0.4 is 5.73 Å². The van der Waals surface area contributed by atoms with E-state index in [-0.39, 0.29) is 5.56 Å². The molecule has 1 aromatic carbocycles. The van der Waals surface area contributed by atoms with Gasteiger partial charge in [-0.1, -0.05) is 25.3 Å². The predicted molar refractivity (Wildman–Crippen MR) is 72.8 cm³/mol. The second-order valence-electron chi connectivity index (χ2n) is 5.47. The van der Waals surface area contributed by atoms with Crippen LogP contribution in [0.4, 0.5) is 8.78 Å². The summed E-state index contributed by atoms with van der Waals surface area (Å²) in [5.41, 5.74) is 5.99. The SMILES string of the molecule is CN(CC(N)c1c(F)cccc1F)C1CCCCC1. The number of benzene rings is 1. The molecule has 0 aromatic heterocycles. The number of hydrogen-bond acceptors (Lipinski definition) is 2. The third-order valence-corrected chi connectivity index (χ3v) is 4.05. The van der Waals surface area contributed by atoms with Gasteiger partial charge < -0.3 is 10.6 Å². The molecule has 1 aliphatic carbocycles. The Morgan fingerprint density at radius 1 is 1.21 bits per heavy atom. The minimum atomic E-state index is -0.617. The summed E-state index contributed by atoms with van der Waals surface area (Å²) in [4.78, 5) is 2.15. The topological polar surface area (TPSA) is 29.3 Å². The molecule has 2 nitrogen and oxygen atoms in total. The smallest absolute Gasteiger partial charge is 0.130 e. The van der Waals surface area contributed by atoms with Crippen LogP contribution in [0.25, 0.3) is 0 Å². The maximum absolute atomic E-state index is 13.7. The Morgan fingerprint density at radius 2 is 1.79 bits per heavy atom. The normalized spacial score (nSPS) is 18.8. The zero-order valence-electron chi connectivity index (χ0n) is 11.4. The molecule has 2 N–H and O–H groups in total. The van der Waals surface area contributed by atoms with Crippen molar-refractivity contribution in [3.63, 3.8) is 0 Å². The summed E-state index contributed by atoms with van der Waals surface area (Å²) in [6, 6.07) is 3.77. The van der Waals surface area contributed by atoms with Gasteiger partial charge in [0.1, 0.15) is 11.6 Å². The van der Waals surface area contributed by atoms with Crippen LogP contribution in [0.1, 0.15) is 43.7 Å². The molecular formula is C15H22F2N2. The van der Waals surface area contributed by atoms with Gasteiger partial charge in [-0.3, -0.25) is 0 Å². The third-order valence-electron chi connectivity index (χ3n) is 4.05. The largest absolute Gasteiger partial charge is 0.323 e. The van der Waals surface area contributed by atoms with Crippen molar-refractivity contribution in [1.82, 2.24) is 4.90 Å². The summed E-state index contributed by atoms with van der Waals surface area (Å²) in [5, 5.41) is 0. The number of nitrogens with two attached hydrogens (primary N) is 1. The van der Waals surface area contributed by atoms with E-state index in [1.54, 1.807) is 0 Å². The first kappa shape index (κ1) is 14.4. The van der Waals surface area contributed by atoms with E-state index in [9.17, 15) is 8.78 Å². The van der Waals surface area contributed by atoms with Crippen LogP contribution >= 0.6 is 0 Å². The maximum Gasteiger partial charge on any atom is 0.130 e. The fraction of sp³-hybridized carbons (Fsp3) is 0.600. The highest BCUT2D eigenvalue weighted by atomic mass is 19.1. The van der Waals surface area contributed by atoms with Crippen molar-refractivity contribution in [3.8, 4) is 0 Å². The molecule has 0 saturated heterocycles. The summed E-state index contributed by atoms with van der Waals surface area (Å²) >= 11 is 0. The number of hydrogen-bond donors (Lipinski definition) is 1. The highest BCUT2D eigenvalue weighted by Gasteiger charge is 2.23. The van der Waals surface area contributed by atoms with Crippen LogP contribution in [0.15, 0.2) is 18.2 Å². The van der Waals surface area contributed by atoms with Gasteiger partial charge in [-0.05, 0) is 32.0 Å². The molecule has 1 atom stereocenters. The maximum atomic E-state index is 13.7. The molecule has 0 aliphatic heterocycles. The summed E-state index contributed by atoms with van der Waals surface area (Å²) in [6.45, 7) is 0.489. The average Bonchev–Trinajstić information content (AvgIpc) is 2.39. The van der Waals surface area contributed by atoms with Gasteiger partial charge >= 0.3 is 0 Å². The van der Waals surface area contributed by atoms with E-state index in [1.165, 1.54) is 37.5 Å². The quantitative estimate of drug-likeness (QED) is 0.908. The lowest BCUT2D eigenvalue weighted by Gasteiger charge is -2.33. The molecule has 0 spiro atoms. The van der Waals surface area contributed by atoms with Gasteiger partial charge in [0.05, 0.1) is 0 Å². The standard InChI is InChI=1S/C15H22F2N2/c1-19(11-6-3-2-4-7-11)10-14(18)15-12(16)8-5-9-13(15)17/h5,8-9,11,14H,2-4,6-7,10,18H2,1H3. The lowest BCUT2D eigenvalue weighted by Crippen LogP contribution is -2.38. The van der Waals surface area contributed by atoms with Crippen LogP contribution in [-0.2, 0) is 0 Å². The minimum absolute atomic E-state index is 0.00478. The Kier molecular flexibility index (Phi) is 4.88. The van der Waals surface area contributed by atoms with Gasteiger partial charge in [-0.15, -0.1) is 0 Å². The van der Waals surface area contributed by atoms with Gasteiger partial charge in [0, 0.05) is 24.2 Å². The van der Waals surface area contributed by atoms with Gasteiger partial charge in [0.15, 0.2) is 0 Å². The van der Waals surface area contributed by atoms with Gasteiger partial charge in [0.2, 0.25) is 0 Å². The van der Waals surface area contributed by atoms with E-state index < -0.39 is 17.7 Å². The Hall–Kier alpha value is -1.00. The molecule has 1 saturated carbocycles. The van der Waals surface area contributed by atoms with Crippen LogP contribution in [0.3, 0.4) is 0 Å². The van der Waals surface area contributed by atoms with Crippen molar-refractivity contribution in [1.29, 1.82) is 0 Å². The Bertz CT molecular complexity index is 396. The second-order valence-corrected chi connectivity index (χ2v) is 5.47. The first-order valence-corrected chi connectivity index (χ1v) is 6.99. The molecular weight excluding hydrogens is 246 g/mol. The van der Waals surface area contributed by atoms with Crippen molar-refractivity contribution in [3.05, 3.63) is 35.4 Å². The highest BCUT2D eigenvalue weighted by molar-refractivity contribution is 5.23. The number of likely N-dealkylation sites (N-methyl/N-ethyl adjacent to an activating group) is 1. The second kappa shape index (κ2) is 6.44. The lowest BCUT2D eigenvalue weighted by molar-refractivity contribution is 0.181. The fourth-order valence-corrected chi connectivity index (χ4v) is 2.94. The van der Waals surface area contributed by atoms with E-state index in [0.717, 1.165) is 12.8 Å². The molecule has 19 heavy (non-hydrogen) atoms. The molecule has 1 fully saturated rings. The number of halogens is 2. The molecule has 0 heterocycles. The average molecular weight is 268 g/mol. The van der Waals surface area contributed by atoms with Crippen LogP contribution in [0.5, 0.6) is 0 Å². The Balaban J connectivity index is 2.01. The summed E-state index contributed by atoms with van der Waals surface area (Å²) in [7, 11) is 1.99. The summed E-state index contributed by atoms with van der Waals surface area (Å²) < 4.78 is 27.3. The lowest BCUT2D eigenvalue weighted by atomic mass is 9.94. The van der Waals surface area contributed by atoms with E-state index in [4.69, 9.17) is 5.73 Å². The molecule has 1 unspecified atom stereocenters.